The minimum atomic E-state index is 0.574. The third-order valence-electron chi connectivity index (χ3n) is 1.93. The van der Waals surface area contributed by atoms with E-state index in [1.807, 2.05) is 19.3 Å². The minimum Gasteiger partial charge on any atom is -0.369 e. The van der Waals surface area contributed by atoms with Gasteiger partial charge in [0.25, 0.3) is 0 Å². The molecule has 14 heavy (non-hydrogen) atoms. The first-order chi connectivity index (χ1) is 6.68. The van der Waals surface area contributed by atoms with Gasteiger partial charge in [-0.3, -0.25) is 4.68 Å². The van der Waals surface area contributed by atoms with Crippen LogP contribution in [0.15, 0.2) is 12.3 Å². The van der Waals surface area contributed by atoms with Gasteiger partial charge >= 0.3 is 0 Å². The molecule has 0 saturated carbocycles. The smallest absolute Gasteiger partial charge is 0.147 e. The van der Waals surface area contributed by atoms with Crippen LogP contribution in [0.3, 0.4) is 0 Å². The van der Waals surface area contributed by atoms with Crippen LogP contribution >= 0.6 is 0 Å². The molecule has 0 unspecified atom stereocenters. The molecular weight excluding hydrogens is 176 g/mol. The first-order valence-corrected chi connectivity index (χ1v) is 5.15. The summed E-state index contributed by atoms with van der Waals surface area (Å²) in [4.78, 5) is 0. The van der Waals surface area contributed by atoms with E-state index in [-0.39, 0.29) is 0 Å². The number of nitrogens with zero attached hydrogens (tertiary/aromatic N) is 2. The summed E-state index contributed by atoms with van der Waals surface area (Å²) in [6.07, 6.45) is 3.06. The Hall–Kier alpha value is -1.03. The Morgan fingerprint density at radius 1 is 1.43 bits per heavy atom. The summed E-state index contributed by atoms with van der Waals surface area (Å²) in [5.74, 6) is 0.956. The Balaban J connectivity index is 2.04. The molecule has 1 aromatic rings. The van der Waals surface area contributed by atoms with E-state index in [4.69, 9.17) is 0 Å². The third kappa shape index (κ3) is 4.28. The van der Waals surface area contributed by atoms with Crippen molar-refractivity contribution in [1.29, 1.82) is 0 Å². The number of hydrogen-bond donors (Lipinski definition) is 2. The average molecular weight is 196 g/mol. The van der Waals surface area contributed by atoms with Crippen LogP contribution in [0.1, 0.15) is 20.3 Å². The van der Waals surface area contributed by atoms with Crippen molar-refractivity contribution in [2.24, 2.45) is 7.05 Å². The van der Waals surface area contributed by atoms with Crippen LogP contribution in [0.25, 0.3) is 0 Å². The number of nitrogens with one attached hydrogen (secondary N) is 2. The predicted octanol–water partition coefficient (Wildman–Crippen LogP) is 1.22. The van der Waals surface area contributed by atoms with Crippen molar-refractivity contribution < 1.29 is 0 Å². The van der Waals surface area contributed by atoms with E-state index in [0.29, 0.717) is 6.04 Å². The highest BCUT2D eigenvalue weighted by molar-refractivity contribution is 5.31. The molecule has 2 N–H and O–H groups in total. The second-order valence-corrected chi connectivity index (χ2v) is 3.76. The molecule has 0 spiro atoms. The van der Waals surface area contributed by atoms with Crippen molar-refractivity contribution in [3.8, 4) is 0 Å². The maximum Gasteiger partial charge on any atom is 0.147 e. The molecule has 0 atom stereocenters. The second kappa shape index (κ2) is 5.65. The predicted molar refractivity (Wildman–Crippen MR) is 59.5 cm³/mol. The van der Waals surface area contributed by atoms with Gasteiger partial charge in [-0.25, -0.2) is 0 Å². The van der Waals surface area contributed by atoms with Crippen LogP contribution in [0.4, 0.5) is 5.82 Å². The molecule has 0 bridgehead atoms. The molecule has 80 valence electrons. The topological polar surface area (TPSA) is 41.9 Å². The molecule has 0 saturated heterocycles. The van der Waals surface area contributed by atoms with Crippen molar-refractivity contribution in [2.75, 3.05) is 18.4 Å². The molecule has 1 heterocycles. The molecular formula is C10H20N4. The molecule has 1 aromatic heterocycles. The number of aromatic nitrogens is 2. The van der Waals surface area contributed by atoms with Crippen LogP contribution in [-0.2, 0) is 7.05 Å². The fraction of sp³-hybridized carbons (Fsp3) is 0.700. The standard InChI is InChI=1S/C10H20N4/c1-9(2)11-6-4-7-12-10-5-8-14(3)13-10/h5,8-9,11H,4,6-7H2,1-3H3,(H,12,13). The van der Waals surface area contributed by atoms with Gasteiger partial charge in [0.1, 0.15) is 5.82 Å². The molecule has 0 fully saturated rings. The normalized spacial score (nSPS) is 10.9. The Bertz CT molecular complexity index is 254. The highest BCUT2D eigenvalue weighted by Gasteiger charge is 1.95. The van der Waals surface area contributed by atoms with E-state index < -0.39 is 0 Å². The van der Waals surface area contributed by atoms with Crippen molar-refractivity contribution in [1.82, 2.24) is 15.1 Å². The zero-order valence-corrected chi connectivity index (χ0v) is 9.25. The zero-order valence-electron chi connectivity index (χ0n) is 9.25. The SMILES string of the molecule is CC(C)NCCCNc1ccn(C)n1. The van der Waals surface area contributed by atoms with Crippen molar-refractivity contribution >= 4 is 5.82 Å². The molecule has 4 nitrogen and oxygen atoms in total. The van der Waals surface area contributed by atoms with Gasteiger partial charge in [0, 0.05) is 31.9 Å². The molecule has 0 aliphatic rings. The first-order valence-electron chi connectivity index (χ1n) is 5.15. The van der Waals surface area contributed by atoms with Crippen molar-refractivity contribution in [3.63, 3.8) is 0 Å². The fourth-order valence-electron chi connectivity index (χ4n) is 1.20. The Kier molecular flexibility index (Phi) is 4.46. The van der Waals surface area contributed by atoms with E-state index >= 15 is 0 Å². The first kappa shape index (κ1) is 11.0. The van der Waals surface area contributed by atoms with Gasteiger partial charge in [0.2, 0.25) is 0 Å². The lowest BCUT2D eigenvalue weighted by Gasteiger charge is -2.07. The van der Waals surface area contributed by atoms with Crippen LogP contribution < -0.4 is 10.6 Å². The molecule has 0 radical (unpaired) electrons. The van der Waals surface area contributed by atoms with E-state index in [1.165, 1.54) is 0 Å². The molecule has 1 rings (SSSR count). The molecule has 0 amide bonds. The quantitative estimate of drug-likeness (QED) is 0.672. The maximum absolute atomic E-state index is 4.23. The number of rotatable bonds is 6. The molecule has 4 heteroatoms. The van der Waals surface area contributed by atoms with Gasteiger partial charge in [0.15, 0.2) is 0 Å². The molecule has 0 aromatic carbocycles. The Labute approximate surface area is 85.7 Å². The number of hydrogen-bond acceptors (Lipinski definition) is 3. The highest BCUT2D eigenvalue weighted by Crippen LogP contribution is 1.99. The van der Waals surface area contributed by atoms with Crippen molar-refractivity contribution in [2.45, 2.75) is 26.3 Å². The summed E-state index contributed by atoms with van der Waals surface area (Å²) in [5.41, 5.74) is 0. The highest BCUT2D eigenvalue weighted by atomic mass is 15.3. The lowest BCUT2D eigenvalue weighted by Crippen LogP contribution is -2.25. The van der Waals surface area contributed by atoms with Gasteiger partial charge < -0.3 is 10.6 Å². The van der Waals surface area contributed by atoms with E-state index in [9.17, 15) is 0 Å². The van der Waals surface area contributed by atoms with Gasteiger partial charge in [-0.1, -0.05) is 13.8 Å². The zero-order chi connectivity index (χ0) is 10.4. The summed E-state index contributed by atoms with van der Waals surface area (Å²) >= 11 is 0. The lowest BCUT2D eigenvalue weighted by atomic mass is 10.3. The van der Waals surface area contributed by atoms with E-state index in [2.05, 4.69) is 29.6 Å². The minimum absolute atomic E-state index is 0.574. The fourth-order valence-corrected chi connectivity index (χ4v) is 1.20. The largest absolute Gasteiger partial charge is 0.369 e. The van der Waals surface area contributed by atoms with Crippen LogP contribution in [0.2, 0.25) is 0 Å². The summed E-state index contributed by atoms with van der Waals surface area (Å²) in [7, 11) is 1.92. The summed E-state index contributed by atoms with van der Waals surface area (Å²) < 4.78 is 1.80. The average Bonchev–Trinajstić information content (AvgIpc) is 2.50. The summed E-state index contributed by atoms with van der Waals surface area (Å²) in [6.45, 7) is 6.34. The van der Waals surface area contributed by atoms with Crippen LogP contribution in [0.5, 0.6) is 0 Å². The second-order valence-electron chi connectivity index (χ2n) is 3.76. The number of anilines is 1. The monoisotopic (exact) mass is 196 g/mol. The maximum atomic E-state index is 4.23. The third-order valence-corrected chi connectivity index (χ3v) is 1.93. The van der Waals surface area contributed by atoms with Gasteiger partial charge in [0.05, 0.1) is 0 Å². The molecule has 0 aliphatic heterocycles. The van der Waals surface area contributed by atoms with Crippen molar-refractivity contribution in [3.05, 3.63) is 12.3 Å². The Morgan fingerprint density at radius 3 is 2.79 bits per heavy atom. The van der Waals surface area contributed by atoms with Gasteiger partial charge in [-0.15, -0.1) is 0 Å². The molecule has 0 aliphatic carbocycles. The Morgan fingerprint density at radius 2 is 2.21 bits per heavy atom. The van der Waals surface area contributed by atoms with E-state index in [0.717, 1.165) is 25.3 Å². The van der Waals surface area contributed by atoms with Gasteiger partial charge in [-0.05, 0) is 13.0 Å². The van der Waals surface area contributed by atoms with Crippen LogP contribution in [0, 0.1) is 0 Å². The summed E-state index contributed by atoms with van der Waals surface area (Å²) in [6, 6.07) is 2.56. The van der Waals surface area contributed by atoms with E-state index in [1.54, 1.807) is 4.68 Å². The summed E-state index contributed by atoms with van der Waals surface area (Å²) in [5, 5.41) is 10.9. The number of aryl methyl sites for hydroxylation is 1. The lowest BCUT2D eigenvalue weighted by molar-refractivity contribution is 0.577. The van der Waals surface area contributed by atoms with Crippen LogP contribution in [-0.4, -0.2) is 28.9 Å². The van der Waals surface area contributed by atoms with Gasteiger partial charge in [-0.2, -0.15) is 5.10 Å².